The number of oxazole rings is 1. The van der Waals surface area contributed by atoms with Crippen LogP contribution in [0.25, 0.3) is 28.8 Å². The normalized spacial score (nSPS) is 15.5. The lowest BCUT2D eigenvalue weighted by Gasteiger charge is -2.21. The van der Waals surface area contributed by atoms with Crippen LogP contribution in [0.5, 0.6) is 11.8 Å². The average molecular weight is 490 g/mol. The predicted octanol–water partition coefficient (Wildman–Crippen LogP) is 4.87. The van der Waals surface area contributed by atoms with Crippen LogP contribution >= 0.6 is 0 Å². The molecule has 0 spiro atoms. The lowest BCUT2D eigenvalue weighted by molar-refractivity contribution is -0.133. The Morgan fingerprint density at radius 3 is 2.72 bits per heavy atom. The van der Waals surface area contributed by atoms with Gasteiger partial charge in [-0.3, -0.25) is 4.79 Å². The minimum Gasteiger partial charge on any atom is -0.450 e. The van der Waals surface area contributed by atoms with Crippen molar-refractivity contribution in [3.8, 4) is 23.2 Å². The summed E-state index contributed by atoms with van der Waals surface area (Å²) in [5, 5.41) is 8.81. The Morgan fingerprint density at radius 2 is 1.94 bits per heavy atom. The van der Waals surface area contributed by atoms with Gasteiger partial charge in [-0.2, -0.15) is 4.98 Å². The predicted molar refractivity (Wildman–Crippen MR) is 124 cm³/mol. The van der Waals surface area contributed by atoms with Gasteiger partial charge in [-0.25, -0.2) is 19.2 Å². The van der Waals surface area contributed by atoms with E-state index < -0.39 is 18.2 Å². The number of carboxylic acid groups (broad SMARTS) is 1. The maximum atomic E-state index is 13.8. The van der Waals surface area contributed by atoms with Crippen LogP contribution in [0.15, 0.2) is 65.2 Å². The number of benzene rings is 2. The molecule has 3 heterocycles. The van der Waals surface area contributed by atoms with E-state index in [0.717, 1.165) is 5.56 Å². The molecule has 1 amide bonds. The molecule has 36 heavy (non-hydrogen) atoms. The number of carbonyl (C=O) groups is 2. The van der Waals surface area contributed by atoms with Crippen LogP contribution in [0.3, 0.4) is 0 Å². The van der Waals surface area contributed by atoms with Gasteiger partial charge in [-0.15, -0.1) is 0 Å². The van der Waals surface area contributed by atoms with Crippen LogP contribution in [-0.4, -0.2) is 49.8 Å². The summed E-state index contributed by atoms with van der Waals surface area (Å²) < 4.78 is 29.7. The minimum atomic E-state index is -1.40. The van der Waals surface area contributed by atoms with Crippen molar-refractivity contribution in [2.45, 2.75) is 19.1 Å². The molecular formula is C25H19FN4O6. The molecule has 1 atom stereocenters. The van der Waals surface area contributed by atoms with E-state index in [9.17, 15) is 14.0 Å². The molecule has 0 bridgehead atoms. The number of aromatic nitrogens is 3. The van der Waals surface area contributed by atoms with E-state index >= 15 is 0 Å². The third kappa shape index (κ3) is 4.99. The van der Waals surface area contributed by atoms with Crippen molar-refractivity contribution in [1.82, 2.24) is 19.9 Å². The Balaban J connectivity index is 1.28. The van der Waals surface area contributed by atoms with E-state index in [0.29, 0.717) is 36.4 Å². The van der Waals surface area contributed by atoms with Crippen LogP contribution < -0.4 is 4.74 Å². The second-order valence-corrected chi connectivity index (χ2v) is 7.86. The summed E-state index contributed by atoms with van der Waals surface area (Å²) in [5.41, 5.74) is 2.01. The van der Waals surface area contributed by atoms with Crippen LogP contribution in [0.1, 0.15) is 18.4 Å². The van der Waals surface area contributed by atoms with Gasteiger partial charge in [0.25, 0.3) is 5.71 Å². The zero-order valence-electron chi connectivity index (χ0n) is 18.7. The highest BCUT2D eigenvalue weighted by Crippen LogP contribution is 2.27. The summed E-state index contributed by atoms with van der Waals surface area (Å²) in [6.07, 6.45) is 3.43. The lowest BCUT2D eigenvalue weighted by Crippen LogP contribution is -2.37. The lowest BCUT2D eigenvalue weighted by atomic mass is 10.1. The van der Waals surface area contributed by atoms with Gasteiger partial charge in [0.15, 0.2) is 17.8 Å². The molecule has 1 aliphatic heterocycles. The standard InChI is InChI=1S/C25H19FN4O6/c26-17-4-1-2-5-19(17)34-24-27-14-18-23(29-24)36-22(28-18)16-10-7-15(8-11-16)9-12-20(31)30-13-3-6-21(30)35-25(32)33/h1-2,4-5,7-12,14,21H,3,6,13H2,(H,32,33)/t21-/m0/s1. The molecule has 2 aromatic heterocycles. The van der Waals surface area contributed by atoms with Gasteiger partial charge in [0.1, 0.15) is 5.52 Å². The molecule has 1 saturated heterocycles. The number of hydrogen-bond acceptors (Lipinski definition) is 8. The van der Waals surface area contributed by atoms with Crippen molar-refractivity contribution in [2.75, 3.05) is 6.54 Å². The quantitative estimate of drug-likeness (QED) is 0.297. The Hall–Kier alpha value is -4.80. The van der Waals surface area contributed by atoms with Gasteiger partial charge in [-0.1, -0.05) is 24.3 Å². The molecule has 1 fully saturated rings. The number of halogens is 1. The van der Waals surface area contributed by atoms with E-state index in [-0.39, 0.29) is 23.4 Å². The third-order valence-corrected chi connectivity index (χ3v) is 5.46. The van der Waals surface area contributed by atoms with Crippen LogP contribution in [-0.2, 0) is 9.53 Å². The number of para-hydroxylation sites is 1. The molecule has 0 radical (unpaired) electrons. The second-order valence-electron chi connectivity index (χ2n) is 7.86. The fourth-order valence-corrected chi connectivity index (χ4v) is 3.75. The number of amides is 1. The van der Waals surface area contributed by atoms with E-state index in [1.54, 1.807) is 42.5 Å². The van der Waals surface area contributed by atoms with Gasteiger partial charge in [-0.05, 0) is 42.3 Å². The van der Waals surface area contributed by atoms with Crippen molar-refractivity contribution in [3.05, 3.63) is 72.2 Å². The minimum absolute atomic E-state index is 0.00613. The number of nitrogens with zero attached hydrogens (tertiary/aromatic N) is 4. The first-order chi connectivity index (χ1) is 17.5. The molecule has 0 aliphatic carbocycles. The monoisotopic (exact) mass is 490 g/mol. The second kappa shape index (κ2) is 9.82. The average Bonchev–Trinajstić information content (AvgIpc) is 3.50. The van der Waals surface area contributed by atoms with E-state index in [4.69, 9.17) is 19.0 Å². The van der Waals surface area contributed by atoms with Crippen LogP contribution in [0.4, 0.5) is 9.18 Å². The Kier molecular flexibility index (Phi) is 6.27. The van der Waals surface area contributed by atoms with Gasteiger partial charge in [0, 0.05) is 24.6 Å². The highest BCUT2D eigenvalue weighted by molar-refractivity contribution is 5.92. The zero-order chi connectivity index (χ0) is 25.1. The van der Waals surface area contributed by atoms with Crippen LogP contribution in [0, 0.1) is 5.82 Å². The topological polar surface area (TPSA) is 128 Å². The molecule has 11 heteroatoms. The van der Waals surface area contributed by atoms with Crippen LogP contribution in [0.2, 0.25) is 0 Å². The number of fused-ring (bicyclic) bond motifs is 1. The molecule has 1 aliphatic rings. The van der Waals surface area contributed by atoms with Gasteiger partial charge in [0.05, 0.1) is 6.20 Å². The van der Waals surface area contributed by atoms with E-state index in [1.165, 1.54) is 29.3 Å². The van der Waals surface area contributed by atoms with Crippen molar-refractivity contribution in [1.29, 1.82) is 0 Å². The SMILES string of the molecule is O=C(O)O[C@H]1CCCN1C(=O)C=Cc1ccc(-c2nc3cnc(Oc4ccccc4F)nc3o2)cc1. The molecule has 10 nitrogen and oxygen atoms in total. The maximum absolute atomic E-state index is 13.8. The third-order valence-electron chi connectivity index (χ3n) is 5.46. The number of carbonyl (C=O) groups excluding carboxylic acids is 1. The largest absolute Gasteiger partial charge is 0.507 e. The first-order valence-electron chi connectivity index (χ1n) is 11.0. The highest BCUT2D eigenvalue weighted by Gasteiger charge is 2.30. The summed E-state index contributed by atoms with van der Waals surface area (Å²) in [5.74, 6) is -0.564. The number of likely N-dealkylation sites (tertiary alicyclic amines) is 1. The fourth-order valence-electron chi connectivity index (χ4n) is 3.75. The van der Waals surface area contributed by atoms with Crippen molar-refractivity contribution in [3.63, 3.8) is 0 Å². The smallest absolute Gasteiger partial charge is 0.450 e. The van der Waals surface area contributed by atoms with Crippen molar-refractivity contribution < 1.29 is 33.0 Å². The Labute approximate surface area is 203 Å². The van der Waals surface area contributed by atoms with E-state index in [1.807, 2.05) is 0 Å². The maximum Gasteiger partial charge on any atom is 0.507 e. The molecule has 0 unspecified atom stereocenters. The summed E-state index contributed by atoms with van der Waals surface area (Å²) in [7, 11) is 0. The molecule has 1 N–H and O–H groups in total. The number of hydrogen-bond donors (Lipinski definition) is 1. The van der Waals surface area contributed by atoms with Gasteiger partial charge < -0.3 is 23.9 Å². The van der Waals surface area contributed by atoms with Crippen molar-refractivity contribution in [2.24, 2.45) is 0 Å². The van der Waals surface area contributed by atoms with Crippen molar-refractivity contribution >= 4 is 29.4 Å². The first-order valence-corrected chi connectivity index (χ1v) is 11.0. The molecule has 5 rings (SSSR count). The molecule has 0 saturated carbocycles. The first kappa shape index (κ1) is 23.0. The summed E-state index contributed by atoms with van der Waals surface area (Å²) >= 11 is 0. The zero-order valence-corrected chi connectivity index (χ0v) is 18.7. The Bertz CT molecular complexity index is 1450. The van der Waals surface area contributed by atoms with Gasteiger partial charge in [0.2, 0.25) is 11.8 Å². The molecule has 2 aromatic carbocycles. The summed E-state index contributed by atoms with van der Waals surface area (Å²) in [6.45, 7) is 0.438. The molecule has 4 aromatic rings. The molecule has 182 valence electrons. The fraction of sp³-hybridized carbons (Fsp3) is 0.160. The van der Waals surface area contributed by atoms with Gasteiger partial charge >= 0.3 is 12.2 Å². The Morgan fingerprint density at radius 1 is 1.14 bits per heavy atom. The molecular weight excluding hydrogens is 471 g/mol. The van der Waals surface area contributed by atoms with E-state index in [2.05, 4.69) is 15.0 Å². The summed E-state index contributed by atoms with van der Waals surface area (Å²) in [6, 6.07) is 12.9. The summed E-state index contributed by atoms with van der Waals surface area (Å²) in [4.78, 5) is 37.2. The number of rotatable bonds is 6. The number of ether oxygens (including phenoxy) is 2. The highest BCUT2D eigenvalue weighted by atomic mass is 19.1.